The van der Waals surface area contributed by atoms with E-state index in [-0.39, 0.29) is 21.8 Å². The average molecular weight is 438 g/mol. The second-order valence-electron chi connectivity index (χ2n) is 5.33. The molecule has 0 unspecified atom stereocenters. The number of benzene rings is 2. The van der Waals surface area contributed by atoms with E-state index >= 15 is 0 Å². The summed E-state index contributed by atoms with van der Waals surface area (Å²) >= 11 is 0.948. The monoisotopic (exact) mass is 438 g/mol. The summed E-state index contributed by atoms with van der Waals surface area (Å²) in [7, 11) is 0. The molecule has 4 rings (SSSR count). The van der Waals surface area contributed by atoms with Crippen LogP contribution in [0.25, 0.3) is 30.8 Å². The van der Waals surface area contributed by atoms with Crippen molar-refractivity contribution in [3.63, 3.8) is 0 Å². The second kappa shape index (κ2) is 6.48. The predicted molar refractivity (Wildman–Crippen MR) is 85.8 cm³/mol. The Labute approximate surface area is 157 Å². The van der Waals surface area contributed by atoms with E-state index in [1.807, 2.05) is 0 Å². The van der Waals surface area contributed by atoms with Gasteiger partial charge in [0.1, 0.15) is 10.0 Å². The molecular weight excluding hydrogens is 436 g/mol. The van der Waals surface area contributed by atoms with Crippen LogP contribution >= 0.6 is 22.7 Å². The minimum atomic E-state index is -1.68. The first-order valence-electron chi connectivity index (χ1n) is 7.13. The van der Waals surface area contributed by atoms with Gasteiger partial charge in [0.15, 0.2) is 56.2 Å². The highest BCUT2D eigenvalue weighted by molar-refractivity contribution is 7.29. The van der Waals surface area contributed by atoms with Gasteiger partial charge in [-0.2, -0.15) is 0 Å². The summed E-state index contributed by atoms with van der Waals surface area (Å²) in [6.45, 7) is 0. The van der Waals surface area contributed by atoms with Crippen LogP contribution in [0, 0.1) is 46.5 Å². The van der Waals surface area contributed by atoms with Crippen LogP contribution in [0.5, 0.6) is 0 Å². The first kappa shape index (κ1) is 18.7. The molecule has 0 amide bonds. The number of nitrogens with zero attached hydrogens (tertiary/aromatic N) is 2. The molecular formula is C16H2F8N2S2. The van der Waals surface area contributed by atoms with Crippen molar-refractivity contribution in [2.75, 3.05) is 0 Å². The number of rotatable bonds is 2. The van der Waals surface area contributed by atoms with E-state index < -0.39 is 67.7 Å². The molecule has 0 aliphatic heterocycles. The van der Waals surface area contributed by atoms with Crippen molar-refractivity contribution in [3.05, 3.63) is 58.7 Å². The maximum atomic E-state index is 13.9. The molecule has 0 aliphatic rings. The van der Waals surface area contributed by atoms with Crippen LogP contribution in [0.15, 0.2) is 12.1 Å². The SMILES string of the molecule is Fc1cc(F)c(F)c(-c2nc3sc(-c4c(F)c(F)cc(F)c4F)nc3s2)c1F. The lowest BCUT2D eigenvalue weighted by molar-refractivity contribution is 0.458. The average Bonchev–Trinajstić information content (AvgIpc) is 3.18. The Hall–Kier alpha value is -2.60. The third-order valence-corrected chi connectivity index (χ3v) is 5.69. The molecule has 144 valence electrons. The number of hydrogen-bond donors (Lipinski definition) is 0. The summed E-state index contributed by atoms with van der Waals surface area (Å²) in [5.74, 6) is -13.3. The fourth-order valence-corrected chi connectivity index (χ4v) is 4.49. The van der Waals surface area contributed by atoms with Crippen molar-refractivity contribution in [2.24, 2.45) is 0 Å². The van der Waals surface area contributed by atoms with Crippen molar-refractivity contribution in [1.82, 2.24) is 9.97 Å². The first-order valence-corrected chi connectivity index (χ1v) is 8.76. The van der Waals surface area contributed by atoms with Crippen molar-refractivity contribution in [3.8, 4) is 21.1 Å². The fourth-order valence-electron chi connectivity index (χ4n) is 2.38. The Balaban J connectivity index is 1.88. The molecule has 0 saturated heterocycles. The van der Waals surface area contributed by atoms with E-state index in [4.69, 9.17) is 0 Å². The largest absolute Gasteiger partial charge is 0.223 e. The van der Waals surface area contributed by atoms with Gasteiger partial charge < -0.3 is 0 Å². The number of hydrogen-bond acceptors (Lipinski definition) is 4. The highest BCUT2D eigenvalue weighted by Crippen LogP contribution is 2.40. The number of halogens is 8. The standard InChI is InChI=1S/C16H2F8N2S2/c17-3-1-4(18)10(22)7(9(3)21)13-25-15-16(27-13)26-14(28-15)8-11(23)5(19)2-6(20)12(8)24/h1-2H. The molecule has 0 bridgehead atoms. The Morgan fingerprint density at radius 1 is 0.500 bits per heavy atom. The number of aromatic nitrogens is 2. The first-order chi connectivity index (χ1) is 13.2. The highest BCUT2D eigenvalue weighted by Gasteiger charge is 2.27. The van der Waals surface area contributed by atoms with E-state index in [1.165, 1.54) is 0 Å². The Morgan fingerprint density at radius 3 is 1.07 bits per heavy atom. The lowest BCUT2D eigenvalue weighted by Crippen LogP contribution is -1.98. The van der Waals surface area contributed by atoms with Gasteiger partial charge in [-0.15, -0.1) is 0 Å². The summed E-state index contributed by atoms with van der Waals surface area (Å²) < 4.78 is 109. The third-order valence-electron chi connectivity index (χ3n) is 3.63. The lowest BCUT2D eigenvalue weighted by Gasteiger charge is -2.04. The molecule has 0 N–H and O–H groups in total. The molecule has 2 aromatic carbocycles. The van der Waals surface area contributed by atoms with Gasteiger partial charge in [-0.3, -0.25) is 0 Å². The van der Waals surface area contributed by atoms with Gasteiger partial charge in [0, 0.05) is 12.1 Å². The van der Waals surface area contributed by atoms with Crippen molar-refractivity contribution >= 4 is 32.3 Å². The molecule has 0 fully saturated rings. The molecule has 0 atom stereocenters. The maximum absolute atomic E-state index is 13.9. The van der Waals surface area contributed by atoms with Gasteiger partial charge in [-0.05, 0) is 0 Å². The Kier molecular flexibility index (Phi) is 4.34. The van der Waals surface area contributed by atoms with Crippen molar-refractivity contribution < 1.29 is 35.1 Å². The van der Waals surface area contributed by atoms with Crippen molar-refractivity contribution in [1.29, 1.82) is 0 Å². The number of fused-ring (bicyclic) bond motifs is 1. The zero-order valence-electron chi connectivity index (χ0n) is 12.9. The molecule has 0 radical (unpaired) electrons. The quantitative estimate of drug-likeness (QED) is 0.275. The molecule has 0 aliphatic carbocycles. The predicted octanol–water partition coefficient (Wildman–Crippen LogP) is 6.20. The minimum absolute atomic E-state index is 0.0323. The molecule has 0 spiro atoms. The fraction of sp³-hybridized carbons (Fsp3) is 0. The smallest absolute Gasteiger partial charge is 0.172 e. The molecule has 2 nitrogen and oxygen atoms in total. The molecule has 2 heterocycles. The minimum Gasteiger partial charge on any atom is -0.223 e. The van der Waals surface area contributed by atoms with Crippen LogP contribution in [-0.4, -0.2) is 9.97 Å². The summed E-state index contributed by atoms with van der Waals surface area (Å²) in [6.07, 6.45) is 0. The molecule has 2 aromatic heterocycles. The van der Waals surface area contributed by atoms with Gasteiger partial charge in [-0.25, -0.2) is 45.1 Å². The van der Waals surface area contributed by atoms with Crippen LogP contribution in [0.1, 0.15) is 0 Å². The highest BCUT2D eigenvalue weighted by atomic mass is 32.1. The van der Waals surface area contributed by atoms with Gasteiger partial charge in [0.25, 0.3) is 0 Å². The van der Waals surface area contributed by atoms with E-state index in [0.29, 0.717) is 22.7 Å². The van der Waals surface area contributed by atoms with E-state index in [2.05, 4.69) is 9.97 Å². The van der Waals surface area contributed by atoms with Crippen LogP contribution in [-0.2, 0) is 0 Å². The van der Waals surface area contributed by atoms with E-state index in [9.17, 15) is 35.1 Å². The number of thiazole rings is 2. The molecule has 28 heavy (non-hydrogen) atoms. The second-order valence-corrected chi connectivity index (χ2v) is 7.29. The summed E-state index contributed by atoms with van der Waals surface area (Å²) in [5, 5.41) is -0.944. The summed E-state index contributed by atoms with van der Waals surface area (Å²) in [5.41, 5.74) is -2.13. The topological polar surface area (TPSA) is 25.8 Å². The molecule has 4 aromatic rings. The summed E-state index contributed by atoms with van der Waals surface area (Å²) in [4.78, 5) is 7.31. The molecule has 0 saturated carbocycles. The van der Waals surface area contributed by atoms with Gasteiger partial charge in [0.05, 0.1) is 11.1 Å². The van der Waals surface area contributed by atoms with E-state index in [1.54, 1.807) is 0 Å². The van der Waals surface area contributed by atoms with Crippen LogP contribution in [0.3, 0.4) is 0 Å². The van der Waals surface area contributed by atoms with Crippen LogP contribution in [0.2, 0.25) is 0 Å². The van der Waals surface area contributed by atoms with Gasteiger partial charge in [-0.1, -0.05) is 22.7 Å². The maximum Gasteiger partial charge on any atom is 0.172 e. The normalized spacial score (nSPS) is 11.6. The van der Waals surface area contributed by atoms with Crippen LogP contribution < -0.4 is 0 Å². The Bertz CT molecular complexity index is 1090. The summed E-state index contributed by atoms with van der Waals surface area (Å²) in [6, 6.07) is 0.0645. The lowest BCUT2D eigenvalue weighted by atomic mass is 10.2. The zero-order valence-corrected chi connectivity index (χ0v) is 14.5. The third kappa shape index (κ3) is 2.75. The van der Waals surface area contributed by atoms with Crippen molar-refractivity contribution in [2.45, 2.75) is 0 Å². The van der Waals surface area contributed by atoms with E-state index in [0.717, 1.165) is 0 Å². The van der Waals surface area contributed by atoms with Gasteiger partial charge in [0.2, 0.25) is 0 Å². The van der Waals surface area contributed by atoms with Crippen LogP contribution in [0.4, 0.5) is 35.1 Å². The van der Waals surface area contributed by atoms with Gasteiger partial charge >= 0.3 is 0 Å². The Morgan fingerprint density at radius 2 is 0.786 bits per heavy atom. The zero-order chi connectivity index (χ0) is 20.3. The molecule has 12 heteroatoms.